The summed E-state index contributed by atoms with van der Waals surface area (Å²) in [5, 5.41) is 8.59. The number of nitrogens with one attached hydrogen (secondary N) is 1. The molecule has 0 atom stereocenters. The molecule has 0 amide bonds. The Bertz CT molecular complexity index is 745. The molecule has 0 aliphatic heterocycles. The third-order valence-corrected chi connectivity index (χ3v) is 4.38. The Morgan fingerprint density at radius 1 is 1.00 bits per heavy atom. The molecule has 0 aliphatic carbocycles. The highest BCUT2D eigenvalue weighted by molar-refractivity contribution is 7.89. The van der Waals surface area contributed by atoms with Gasteiger partial charge < -0.3 is 5.73 Å². The van der Waals surface area contributed by atoms with Gasteiger partial charge in [-0.25, -0.2) is 13.1 Å². The van der Waals surface area contributed by atoms with Crippen molar-refractivity contribution < 1.29 is 8.42 Å². The number of sulfonamides is 1. The summed E-state index contributed by atoms with van der Waals surface area (Å²) in [5.74, 6) is 0. The van der Waals surface area contributed by atoms with E-state index in [2.05, 4.69) is 4.72 Å². The van der Waals surface area contributed by atoms with Gasteiger partial charge in [-0.05, 0) is 35.4 Å². The molecule has 2 aromatic rings. The second-order valence-corrected chi connectivity index (χ2v) is 6.31. The molecule has 0 bridgehead atoms. The van der Waals surface area contributed by atoms with Crippen LogP contribution in [0, 0.1) is 11.3 Å². The highest BCUT2D eigenvalue weighted by Gasteiger charge is 2.13. The number of hydrogen-bond donors (Lipinski definition) is 2. The molecule has 0 saturated carbocycles. The molecule has 0 fully saturated rings. The lowest BCUT2D eigenvalue weighted by Crippen LogP contribution is -2.23. The summed E-state index contributed by atoms with van der Waals surface area (Å²) in [7, 11) is -3.56. The maximum absolute atomic E-state index is 12.1. The van der Waals surface area contributed by atoms with E-state index in [1.54, 1.807) is 36.4 Å². The standard InChI is InChI=1S/C15H15N3O2S/c16-10-9-12-3-7-15(8-4-12)21(19,20)18-11-13-1-5-14(17)6-2-13/h1-8,18H,9,11,17H2. The molecule has 0 heterocycles. The number of rotatable bonds is 5. The van der Waals surface area contributed by atoms with Crippen LogP contribution in [0.4, 0.5) is 5.69 Å². The number of hydrogen-bond acceptors (Lipinski definition) is 4. The van der Waals surface area contributed by atoms with Gasteiger partial charge in [-0.2, -0.15) is 5.26 Å². The van der Waals surface area contributed by atoms with Crippen LogP contribution >= 0.6 is 0 Å². The van der Waals surface area contributed by atoms with Gasteiger partial charge in [0.15, 0.2) is 0 Å². The van der Waals surface area contributed by atoms with Crippen LogP contribution in [0.1, 0.15) is 11.1 Å². The number of anilines is 1. The van der Waals surface area contributed by atoms with E-state index in [0.29, 0.717) is 5.69 Å². The predicted octanol–water partition coefficient (Wildman–Crippen LogP) is 1.81. The fraction of sp³-hybridized carbons (Fsp3) is 0.133. The maximum atomic E-state index is 12.1. The Balaban J connectivity index is 2.07. The van der Waals surface area contributed by atoms with E-state index >= 15 is 0 Å². The summed E-state index contributed by atoms with van der Waals surface area (Å²) >= 11 is 0. The second kappa shape index (κ2) is 6.39. The summed E-state index contributed by atoms with van der Waals surface area (Å²) in [5.41, 5.74) is 7.83. The molecule has 3 N–H and O–H groups in total. The molecule has 21 heavy (non-hydrogen) atoms. The quantitative estimate of drug-likeness (QED) is 0.823. The average molecular weight is 301 g/mol. The van der Waals surface area contributed by atoms with E-state index in [0.717, 1.165) is 11.1 Å². The fourth-order valence-electron chi connectivity index (χ4n) is 1.77. The van der Waals surface area contributed by atoms with Crippen molar-refractivity contribution in [1.29, 1.82) is 5.26 Å². The Morgan fingerprint density at radius 3 is 2.14 bits per heavy atom. The lowest BCUT2D eigenvalue weighted by molar-refractivity contribution is 0.581. The van der Waals surface area contributed by atoms with E-state index < -0.39 is 10.0 Å². The lowest BCUT2D eigenvalue weighted by atomic mass is 10.2. The molecule has 0 radical (unpaired) electrons. The fourth-order valence-corrected chi connectivity index (χ4v) is 2.79. The van der Waals surface area contributed by atoms with Crippen molar-refractivity contribution >= 4 is 15.7 Å². The zero-order chi connectivity index (χ0) is 15.3. The van der Waals surface area contributed by atoms with E-state index in [4.69, 9.17) is 11.0 Å². The molecule has 0 aromatic heterocycles. The molecule has 0 saturated heterocycles. The molecule has 0 aliphatic rings. The number of nitrogens with zero attached hydrogens (tertiary/aromatic N) is 1. The van der Waals surface area contributed by atoms with Gasteiger partial charge in [0.1, 0.15) is 0 Å². The number of benzene rings is 2. The third-order valence-electron chi connectivity index (χ3n) is 2.96. The van der Waals surface area contributed by atoms with Gasteiger partial charge in [0, 0.05) is 12.2 Å². The zero-order valence-corrected chi connectivity index (χ0v) is 12.1. The first-order valence-corrected chi connectivity index (χ1v) is 7.79. The first-order chi connectivity index (χ1) is 10.0. The van der Waals surface area contributed by atoms with E-state index in [9.17, 15) is 8.42 Å². The predicted molar refractivity (Wildman–Crippen MR) is 80.6 cm³/mol. The molecular weight excluding hydrogens is 286 g/mol. The van der Waals surface area contributed by atoms with Crippen LogP contribution in [0.5, 0.6) is 0 Å². The minimum absolute atomic E-state index is 0.180. The minimum atomic E-state index is -3.56. The minimum Gasteiger partial charge on any atom is -0.399 e. The summed E-state index contributed by atoms with van der Waals surface area (Å²) in [6, 6.07) is 15.3. The zero-order valence-electron chi connectivity index (χ0n) is 11.3. The SMILES string of the molecule is N#CCc1ccc(S(=O)(=O)NCc2ccc(N)cc2)cc1. The molecule has 6 heteroatoms. The normalized spacial score (nSPS) is 11.0. The van der Waals surface area contributed by atoms with Crippen LogP contribution in [0.15, 0.2) is 53.4 Å². The van der Waals surface area contributed by atoms with Crippen molar-refractivity contribution in [3.8, 4) is 6.07 Å². The molecule has 108 valence electrons. The third kappa shape index (κ3) is 4.05. The van der Waals surface area contributed by atoms with Crippen LogP contribution in [-0.4, -0.2) is 8.42 Å². The Hall–Kier alpha value is -2.36. The van der Waals surface area contributed by atoms with Crippen LogP contribution in [0.3, 0.4) is 0 Å². The van der Waals surface area contributed by atoms with Crippen molar-refractivity contribution in [2.75, 3.05) is 5.73 Å². The summed E-state index contributed by atoms with van der Waals surface area (Å²) in [6.45, 7) is 0.197. The van der Waals surface area contributed by atoms with Gasteiger partial charge in [0.05, 0.1) is 17.4 Å². The monoisotopic (exact) mass is 301 g/mol. The summed E-state index contributed by atoms with van der Waals surface area (Å²) in [4.78, 5) is 0.180. The Labute approximate surface area is 124 Å². The van der Waals surface area contributed by atoms with E-state index in [1.165, 1.54) is 12.1 Å². The number of nitriles is 1. The first-order valence-electron chi connectivity index (χ1n) is 6.31. The van der Waals surface area contributed by atoms with Gasteiger partial charge in [0.25, 0.3) is 0 Å². The first kappa shape index (κ1) is 15.0. The van der Waals surface area contributed by atoms with Gasteiger partial charge in [0.2, 0.25) is 10.0 Å². The largest absolute Gasteiger partial charge is 0.399 e. The highest BCUT2D eigenvalue weighted by Crippen LogP contribution is 2.12. The van der Waals surface area contributed by atoms with E-state index in [-0.39, 0.29) is 17.9 Å². The van der Waals surface area contributed by atoms with Crippen molar-refractivity contribution in [2.24, 2.45) is 0 Å². The molecule has 0 spiro atoms. The highest BCUT2D eigenvalue weighted by atomic mass is 32.2. The van der Waals surface area contributed by atoms with Gasteiger partial charge in [-0.15, -0.1) is 0 Å². The van der Waals surface area contributed by atoms with Crippen LogP contribution < -0.4 is 10.5 Å². The van der Waals surface area contributed by atoms with E-state index in [1.807, 2.05) is 6.07 Å². The summed E-state index contributed by atoms with van der Waals surface area (Å²) < 4.78 is 26.8. The summed E-state index contributed by atoms with van der Waals surface area (Å²) in [6.07, 6.45) is 0.263. The van der Waals surface area contributed by atoms with Crippen LogP contribution in [-0.2, 0) is 23.0 Å². The van der Waals surface area contributed by atoms with Crippen LogP contribution in [0.2, 0.25) is 0 Å². The van der Waals surface area contributed by atoms with Gasteiger partial charge >= 0.3 is 0 Å². The Kier molecular flexibility index (Phi) is 4.58. The van der Waals surface area contributed by atoms with Crippen molar-refractivity contribution in [1.82, 2.24) is 4.72 Å². The second-order valence-electron chi connectivity index (χ2n) is 4.54. The average Bonchev–Trinajstić information content (AvgIpc) is 2.48. The smallest absolute Gasteiger partial charge is 0.240 e. The van der Waals surface area contributed by atoms with Gasteiger partial charge in [-0.1, -0.05) is 24.3 Å². The molecule has 5 nitrogen and oxygen atoms in total. The van der Waals surface area contributed by atoms with Gasteiger partial charge in [-0.3, -0.25) is 0 Å². The topological polar surface area (TPSA) is 96.0 Å². The number of nitrogens with two attached hydrogens (primary N) is 1. The van der Waals surface area contributed by atoms with Crippen molar-refractivity contribution in [2.45, 2.75) is 17.9 Å². The van der Waals surface area contributed by atoms with Crippen molar-refractivity contribution in [3.05, 3.63) is 59.7 Å². The number of nitrogen functional groups attached to an aromatic ring is 1. The molecule has 2 rings (SSSR count). The van der Waals surface area contributed by atoms with Crippen LogP contribution in [0.25, 0.3) is 0 Å². The van der Waals surface area contributed by atoms with Crippen molar-refractivity contribution in [3.63, 3.8) is 0 Å². The molecular formula is C15H15N3O2S. The molecule has 2 aromatic carbocycles. The maximum Gasteiger partial charge on any atom is 0.240 e. The lowest BCUT2D eigenvalue weighted by Gasteiger charge is -2.07. The molecule has 0 unspecified atom stereocenters. The Morgan fingerprint density at radius 2 is 1.57 bits per heavy atom.